The van der Waals surface area contributed by atoms with Crippen LogP contribution >= 0.6 is 11.8 Å². The number of rotatable bonds is 4. The predicted octanol–water partition coefficient (Wildman–Crippen LogP) is 3.99. The Labute approximate surface area is 100 Å². The molecule has 82 valence electrons. The molecular formula is C14H14OS. The highest BCUT2D eigenvalue weighted by Gasteiger charge is 2.01. The molecule has 0 aromatic heterocycles. The molecule has 0 spiro atoms. The van der Waals surface area contributed by atoms with Gasteiger partial charge in [-0.15, -0.1) is 11.8 Å². The molecule has 1 nitrogen and oxygen atoms in total. The van der Waals surface area contributed by atoms with Gasteiger partial charge in [0.25, 0.3) is 0 Å². The Morgan fingerprint density at radius 3 is 2.38 bits per heavy atom. The standard InChI is InChI=1S/C14H14OS/c1-15-14-10-6-5-7-12(14)11-16-13-8-3-2-4-9-13/h2-10H,11H2,1H3. The number of ether oxygens (including phenoxy) is 1. The van der Waals surface area contributed by atoms with E-state index in [1.807, 2.05) is 36.0 Å². The smallest absolute Gasteiger partial charge is 0.122 e. The van der Waals surface area contributed by atoms with Gasteiger partial charge < -0.3 is 4.74 Å². The molecule has 2 rings (SSSR count). The van der Waals surface area contributed by atoms with E-state index >= 15 is 0 Å². The minimum atomic E-state index is 0.939. The van der Waals surface area contributed by atoms with Crippen LogP contribution in [0.25, 0.3) is 0 Å². The van der Waals surface area contributed by atoms with Gasteiger partial charge in [0.15, 0.2) is 0 Å². The molecule has 0 aliphatic carbocycles. The lowest BCUT2D eigenvalue weighted by molar-refractivity contribution is 0.411. The van der Waals surface area contributed by atoms with Crippen molar-refractivity contribution in [3.05, 3.63) is 60.2 Å². The van der Waals surface area contributed by atoms with E-state index in [4.69, 9.17) is 4.74 Å². The van der Waals surface area contributed by atoms with Gasteiger partial charge in [-0.25, -0.2) is 0 Å². The topological polar surface area (TPSA) is 9.23 Å². The molecule has 0 atom stereocenters. The van der Waals surface area contributed by atoms with Gasteiger partial charge in [-0.2, -0.15) is 0 Å². The summed E-state index contributed by atoms with van der Waals surface area (Å²) in [6.07, 6.45) is 0. The van der Waals surface area contributed by atoms with E-state index in [0.29, 0.717) is 0 Å². The maximum Gasteiger partial charge on any atom is 0.122 e. The average Bonchev–Trinajstić information content (AvgIpc) is 2.38. The fourth-order valence-electron chi connectivity index (χ4n) is 1.50. The minimum absolute atomic E-state index is 0.939. The first-order valence-corrected chi connectivity index (χ1v) is 6.18. The molecule has 0 unspecified atom stereocenters. The van der Waals surface area contributed by atoms with Crippen LogP contribution in [0.2, 0.25) is 0 Å². The van der Waals surface area contributed by atoms with Crippen molar-refractivity contribution in [3.63, 3.8) is 0 Å². The molecule has 0 N–H and O–H groups in total. The molecule has 2 heteroatoms. The first-order chi connectivity index (χ1) is 7.90. The second kappa shape index (κ2) is 5.61. The maximum absolute atomic E-state index is 5.32. The van der Waals surface area contributed by atoms with Crippen LogP contribution in [-0.2, 0) is 5.75 Å². The monoisotopic (exact) mass is 230 g/mol. The van der Waals surface area contributed by atoms with E-state index in [-0.39, 0.29) is 0 Å². The third kappa shape index (κ3) is 2.80. The van der Waals surface area contributed by atoms with Crippen LogP contribution in [-0.4, -0.2) is 7.11 Å². The summed E-state index contributed by atoms with van der Waals surface area (Å²) in [5, 5.41) is 0. The zero-order valence-corrected chi connectivity index (χ0v) is 10.0. The van der Waals surface area contributed by atoms with Crippen molar-refractivity contribution in [1.82, 2.24) is 0 Å². The van der Waals surface area contributed by atoms with Crippen molar-refractivity contribution in [2.75, 3.05) is 7.11 Å². The van der Waals surface area contributed by atoms with Crippen molar-refractivity contribution in [1.29, 1.82) is 0 Å². The van der Waals surface area contributed by atoms with Crippen LogP contribution in [0, 0.1) is 0 Å². The van der Waals surface area contributed by atoms with E-state index < -0.39 is 0 Å². The Bertz CT molecular complexity index is 439. The number of hydrogen-bond donors (Lipinski definition) is 0. The van der Waals surface area contributed by atoms with Gasteiger partial charge in [0.05, 0.1) is 7.11 Å². The lowest BCUT2D eigenvalue weighted by Gasteiger charge is -2.07. The Morgan fingerprint density at radius 2 is 1.62 bits per heavy atom. The van der Waals surface area contributed by atoms with Crippen molar-refractivity contribution < 1.29 is 4.74 Å². The molecule has 0 aliphatic rings. The number of para-hydroxylation sites is 1. The van der Waals surface area contributed by atoms with E-state index in [2.05, 4.69) is 30.3 Å². The van der Waals surface area contributed by atoms with Crippen LogP contribution in [0.15, 0.2) is 59.5 Å². The van der Waals surface area contributed by atoms with Gasteiger partial charge >= 0.3 is 0 Å². The highest BCUT2D eigenvalue weighted by atomic mass is 32.2. The molecule has 0 bridgehead atoms. The van der Waals surface area contributed by atoms with Crippen molar-refractivity contribution in [3.8, 4) is 5.75 Å². The van der Waals surface area contributed by atoms with Crippen LogP contribution in [0.5, 0.6) is 5.75 Å². The number of benzene rings is 2. The first-order valence-electron chi connectivity index (χ1n) is 5.20. The quantitative estimate of drug-likeness (QED) is 0.734. The zero-order valence-electron chi connectivity index (χ0n) is 9.22. The zero-order chi connectivity index (χ0) is 11.2. The normalized spacial score (nSPS) is 10.1. The fourth-order valence-corrected chi connectivity index (χ4v) is 2.41. The summed E-state index contributed by atoms with van der Waals surface area (Å²) in [7, 11) is 1.71. The number of methoxy groups -OCH3 is 1. The van der Waals surface area contributed by atoms with Gasteiger partial charge in [0.2, 0.25) is 0 Å². The first kappa shape index (κ1) is 11.1. The second-order valence-electron chi connectivity index (χ2n) is 3.41. The molecule has 0 aliphatic heterocycles. The maximum atomic E-state index is 5.32. The summed E-state index contributed by atoms with van der Waals surface area (Å²) >= 11 is 1.82. The van der Waals surface area contributed by atoms with Crippen LogP contribution in [0.4, 0.5) is 0 Å². The molecule has 0 saturated carbocycles. The Balaban J connectivity index is 2.05. The molecule has 16 heavy (non-hydrogen) atoms. The molecule has 0 saturated heterocycles. The fraction of sp³-hybridized carbons (Fsp3) is 0.143. The summed E-state index contributed by atoms with van der Waals surface area (Å²) in [6, 6.07) is 18.6. The van der Waals surface area contributed by atoms with Gasteiger partial charge in [0, 0.05) is 16.2 Å². The third-order valence-corrected chi connectivity index (χ3v) is 3.39. The average molecular weight is 230 g/mol. The minimum Gasteiger partial charge on any atom is -0.496 e. The molecule has 0 amide bonds. The third-order valence-electron chi connectivity index (χ3n) is 2.33. The van der Waals surface area contributed by atoms with E-state index in [9.17, 15) is 0 Å². The summed E-state index contributed by atoms with van der Waals surface area (Å²) in [5.74, 6) is 1.90. The van der Waals surface area contributed by atoms with Gasteiger partial charge in [-0.3, -0.25) is 0 Å². The Kier molecular flexibility index (Phi) is 3.89. The lowest BCUT2D eigenvalue weighted by Crippen LogP contribution is -1.89. The Hall–Kier alpha value is -1.41. The summed E-state index contributed by atoms with van der Waals surface area (Å²) in [4.78, 5) is 1.29. The van der Waals surface area contributed by atoms with Crippen LogP contribution < -0.4 is 4.74 Å². The lowest BCUT2D eigenvalue weighted by atomic mass is 10.2. The largest absolute Gasteiger partial charge is 0.496 e. The molecule has 0 fully saturated rings. The van der Waals surface area contributed by atoms with Crippen molar-refractivity contribution in [2.24, 2.45) is 0 Å². The van der Waals surface area contributed by atoms with Gasteiger partial charge in [-0.1, -0.05) is 36.4 Å². The van der Waals surface area contributed by atoms with Crippen molar-refractivity contribution >= 4 is 11.8 Å². The van der Waals surface area contributed by atoms with Crippen molar-refractivity contribution in [2.45, 2.75) is 10.6 Å². The Morgan fingerprint density at radius 1 is 0.938 bits per heavy atom. The SMILES string of the molecule is COc1ccccc1CSc1ccccc1. The molecule has 2 aromatic rings. The highest BCUT2D eigenvalue weighted by Crippen LogP contribution is 2.27. The summed E-state index contributed by atoms with van der Waals surface area (Å²) in [5.41, 5.74) is 1.24. The number of thioether (sulfide) groups is 1. The number of hydrogen-bond acceptors (Lipinski definition) is 2. The summed E-state index contributed by atoms with van der Waals surface area (Å²) < 4.78 is 5.32. The molecule has 2 aromatic carbocycles. The predicted molar refractivity (Wildman–Crippen MR) is 69.0 cm³/mol. The molecular weight excluding hydrogens is 216 g/mol. The van der Waals surface area contributed by atoms with Crippen LogP contribution in [0.1, 0.15) is 5.56 Å². The van der Waals surface area contributed by atoms with Crippen LogP contribution in [0.3, 0.4) is 0 Å². The van der Waals surface area contributed by atoms with E-state index in [0.717, 1.165) is 11.5 Å². The van der Waals surface area contributed by atoms with Gasteiger partial charge in [-0.05, 0) is 18.2 Å². The highest BCUT2D eigenvalue weighted by molar-refractivity contribution is 7.98. The van der Waals surface area contributed by atoms with E-state index in [1.54, 1.807) is 7.11 Å². The molecule has 0 radical (unpaired) electrons. The second-order valence-corrected chi connectivity index (χ2v) is 4.46. The van der Waals surface area contributed by atoms with E-state index in [1.165, 1.54) is 10.5 Å². The summed E-state index contributed by atoms with van der Waals surface area (Å²) in [6.45, 7) is 0. The van der Waals surface area contributed by atoms with Gasteiger partial charge in [0.1, 0.15) is 5.75 Å². The molecule has 0 heterocycles.